The Balaban J connectivity index is 2.16. The van der Waals surface area contributed by atoms with Crippen LogP contribution in [0.4, 0.5) is 5.69 Å². The first-order valence-corrected chi connectivity index (χ1v) is 6.34. The van der Waals surface area contributed by atoms with Crippen LogP contribution in [0, 0.1) is 10.1 Å². The van der Waals surface area contributed by atoms with E-state index in [2.05, 4.69) is 9.97 Å². The smallest absolute Gasteiger partial charge is 0.270 e. The maximum atomic E-state index is 11.0. The minimum Gasteiger partial charge on any atom is -0.359 e. The highest BCUT2D eigenvalue weighted by Crippen LogP contribution is 2.33. The van der Waals surface area contributed by atoms with E-state index in [0.717, 1.165) is 39.0 Å². The van der Waals surface area contributed by atoms with Crippen LogP contribution in [-0.4, -0.2) is 21.2 Å². The Kier molecular flexibility index (Phi) is 2.18. The molecule has 0 aliphatic heterocycles. The number of benzene rings is 2. The van der Waals surface area contributed by atoms with E-state index < -0.39 is 4.92 Å². The summed E-state index contributed by atoms with van der Waals surface area (Å²) in [6.07, 6.45) is 2.46. The minimum atomic E-state index is -0.407. The number of rotatable bonds is 2. The molecule has 0 amide bonds. The number of nitrogens with one attached hydrogen (secondary N) is 2. The van der Waals surface area contributed by atoms with Gasteiger partial charge in [0.25, 0.3) is 5.69 Å². The van der Waals surface area contributed by atoms with Gasteiger partial charge >= 0.3 is 0 Å². The molecule has 102 valence electrons. The average molecular weight is 279 g/mol. The van der Waals surface area contributed by atoms with Gasteiger partial charge in [0.1, 0.15) is 0 Å². The maximum Gasteiger partial charge on any atom is 0.270 e. The highest BCUT2D eigenvalue weighted by molar-refractivity contribution is 6.18. The Hall–Kier alpha value is -3.15. The summed E-state index contributed by atoms with van der Waals surface area (Å²) >= 11 is 0. The number of carbonyl (C=O) groups is 1. The van der Waals surface area contributed by atoms with Crippen molar-refractivity contribution in [2.24, 2.45) is 0 Å². The van der Waals surface area contributed by atoms with Gasteiger partial charge in [0.2, 0.25) is 0 Å². The van der Waals surface area contributed by atoms with Crippen LogP contribution < -0.4 is 0 Å². The van der Waals surface area contributed by atoms with Crippen LogP contribution in [0.25, 0.3) is 32.7 Å². The van der Waals surface area contributed by atoms with Gasteiger partial charge in [0.05, 0.1) is 16.0 Å². The van der Waals surface area contributed by atoms with E-state index >= 15 is 0 Å². The summed E-state index contributed by atoms with van der Waals surface area (Å²) in [4.78, 5) is 27.8. The van der Waals surface area contributed by atoms with Gasteiger partial charge in [0, 0.05) is 45.6 Å². The topological polar surface area (TPSA) is 91.8 Å². The lowest BCUT2D eigenvalue weighted by molar-refractivity contribution is -0.384. The number of hydrogen-bond donors (Lipinski definition) is 2. The summed E-state index contributed by atoms with van der Waals surface area (Å²) in [6, 6.07) is 8.46. The van der Waals surface area contributed by atoms with E-state index in [4.69, 9.17) is 0 Å². The fraction of sp³-hybridized carbons (Fsp3) is 0. The Morgan fingerprint density at radius 2 is 1.86 bits per heavy atom. The van der Waals surface area contributed by atoms with Crippen LogP contribution in [-0.2, 0) is 0 Å². The number of nitrogens with zero attached hydrogens (tertiary/aromatic N) is 1. The molecule has 6 heteroatoms. The molecule has 0 bridgehead atoms. The Morgan fingerprint density at radius 1 is 1.05 bits per heavy atom. The lowest BCUT2D eigenvalue weighted by Gasteiger charge is -1.94. The Labute approximate surface area is 117 Å². The summed E-state index contributed by atoms with van der Waals surface area (Å²) in [5, 5.41) is 13.4. The molecule has 2 aromatic carbocycles. The van der Waals surface area contributed by atoms with Crippen molar-refractivity contribution >= 4 is 44.7 Å². The van der Waals surface area contributed by atoms with E-state index in [-0.39, 0.29) is 5.69 Å². The van der Waals surface area contributed by atoms with Crippen LogP contribution in [0.2, 0.25) is 0 Å². The Bertz CT molecular complexity index is 1040. The van der Waals surface area contributed by atoms with Gasteiger partial charge in [-0.25, -0.2) is 0 Å². The summed E-state index contributed by atoms with van der Waals surface area (Å²) in [7, 11) is 0. The lowest BCUT2D eigenvalue weighted by atomic mass is 10.1. The van der Waals surface area contributed by atoms with Gasteiger partial charge in [-0.05, 0) is 6.07 Å². The lowest BCUT2D eigenvalue weighted by Crippen LogP contribution is -1.86. The Morgan fingerprint density at radius 3 is 2.62 bits per heavy atom. The van der Waals surface area contributed by atoms with E-state index in [1.165, 1.54) is 6.07 Å². The highest BCUT2D eigenvalue weighted by Gasteiger charge is 2.13. The number of non-ortho nitro benzene ring substituents is 1. The summed E-state index contributed by atoms with van der Waals surface area (Å²) in [5.74, 6) is 0. The zero-order chi connectivity index (χ0) is 14.6. The molecule has 21 heavy (non-hydrogen) atoms. The minimum absolute atomic E-state index is 0.0589. The third-order valence-electron chi connectivity index (χ3n) is 3.78. The summed E-state index contributed by atoms with van der Waals surface area (Å²) in [6.45, 7) is 0. The van der Waals surface area contributed by atoms with Crippen molar-refractivity contribution in [3.63, 3.8) is 0 Å². The van der Waals surface area contributed by atoms with Crippen molar-refractivity contribution in [1.82, 2.24) is 9.97 Å². The molecule has 0 unspecified atom stereocenters. The van der Waals surface area contributed by atoms with Gasteiger partial charge in [-0.2, -0.15) is 0 Å². The molecule has 0 radical (unpaired) electrons. The standard InChI is InChI=1S/C15H9N3O3/c19-7-8-6-16-14-10(8)2-3-11-12-5-9(18(20)21)1-4-13(12)17-15(11)14/h1-7,16-17H. The first-order valence-electron chi connectivity index (χ1n) is 6.34. The van der Waals surface area contributed by atoms with E-state index in [1.54, 1.807) is 18.3 Å². The number of hydrogen-bond acceptors (Lipinski definition) is 3. The molecule has 2 N–H and O–H groups in total. The van der Waals surface area contributed by atoms with Crippen molar-refractivity contribution in [2.75, 3.05) is 0 Å². The number of nitro benzene ring substituents is 1. The van der Waals surface area contributed by atoms with Crippen molar-refractivity contribution in [1.29, 1.82) is 0 Å². The van der Waals surface area contributed by atoms with Crippen LogP contribution >= 0.6 is 0 Å². The molecular weight excluding hydrogens is 270 g/mol. The predicted molar refractivity (Wildman–Crippen MR) is 79.7 cm³/mol. The number of nitro groups is 1. The van der Waals surface area contributed by atoms with Gasteiger partial charge < -0.3 is 9.97 Å². The number of fused-ring (bicyclic) bond motifs is 5. The van der Waals surface area contributed by atoms with Crippen LogP contribution in [0.1, 0.15) is 10.4 Å². The molecule has 2 heterocycles. The second-order valence-electron chi connectivity index (χ2n) is 4.88. The molecule has 2 aromatic heterocycles. The molecule has 6 nitrogen and oxygen atoms in total. The SMILES string of the molecule is O=Cc1c[nH]c2c1ccc1c3cc([N+](=O)[O-])ccc3[nH]c12. The van der Waals surface area contributed by atoms with Crippen molar-refractivity contribution in [2.45, 2.75) is 0 Å². The zero-order valence-electron chi connectivity index (χ0n) is 10.7. The highest BCUT2D eigenvalue weighted by atomic mass is 16.6. The van der Waals surface area contributed by atoms with Crippen molar-refractivity contribution in [3.05, 3.63) is 52.2 Å². The number of H-pyrrole nitrogens is 2. The van der Waals surface area contributed by atoms with E-state index in [9.17, 15) is 14.9 Å². The van der Waals surface area contributed by atoms with Crippen LogP contribution in [0.15, 0.2) is 36.5 Å². The molecule has 0 saturated carbocycles. The van der Waals surface area contributed by atoms with Gasteiger partial charge in [0.15, 0.2) is 6.29 Å². The predicted octanol–water partition coefficient (Wildman–Crippen LogP) is 3.52. The molecule has 4 aromatic rings. The van der Waals surface area contributed by atoms with E-state index in [0.29, 0.717) is 5.56 Å². The van der Waals surface area contributed by atoms with Crippen LogP contribution in [0.3, 0.4) is 0 Å². The first-order chi connectivity index (χ1) is 10.2. The van der Waals surface area contributed by atoms with Crippen LogP contribution in [0.5, 0.6) is 0 Å². The second-order valence-corrected chi connectivity index (χ2v) is 4.88. The number of aromatic nitrogens is 2. The number of aldehydes is 1. The summed E-state index contributed by atoms with van der Waals surface area (Å²) < 4.78 is 0. The summed E-state index contributed by atoms with van der Waals surface area (Å²) in [5.41, 5.74) is 3.15. The molecule has 0 saturated heterocycles. The third-order valence-corrected chi connectivity index (χ3v) is 3.78. The number of aromatic amines is 2. The quantitative estimate of drug-likeness (QED) is 0.334. The van der Waals surface area contributed by atoms with Gasteiger partial charge in [-0.1, -0.05) is 12.1 Å². The molecular formula is C15H9N3O3. The normalized spacial score (nSPS) is 11.4. The van der Waals surface area contributed by atoms with Crippen molar-refractivity contribution < 1.29 is 9.72 Å². The van der Waals surface area contributed by atoms with E-state index in [1.807, 2.05) is 12.1 Å². The zero-order valence-corrected chi connectivity index (χ0v) is 10.7. The fourth-order valence-corrected chi connectivity index (χ4v) is 2.78. The van der Waals surface area contributed by atoms with Gasteiger partial charge in [-0.15, -0.1) is 0 Å². The molecule has 0 fully saturated rings. The molecule has 4 rings (SSSR count). The molecule has 0 aliphatic carbocycles. The average Bonchev–Trinajstić information content (AvgIpc) is 3.06. The monoisotopic (exact) mass is 279 g/mol. The van der Waals surface area contributed by atoms with Gasteiger partial charge in [-0.3, -0.25) is 14.9 Å². The third kappa shape index (κ3) is 1.50. The molecule has 0 spiro atoms. The number of carbonyl (C=O) groups excluding carboxylic acids is 1. The largest absolute Gasteiger partial charge is 0.359 e. The molecule has 0 aliphatic rings. The molecule has 0 atom stereocenters. The second kappa shape index (κ2) is 3.92. The van der Waals surface area contributed by atoms with Crippen molar-refractivity contribution in [3.8, 4) is 0 Å². The first kappa shape index (κ1) is 11.7. The fourth-order valence-electron chi connectivity index (χ4n) is 2.78. The maximum absolute atomic E-state index is 11.0.